The van der Waals surface area contributed by atoms with Crippen molar-refractivity contribution in [3.63, 3.8) is 0 Å². The molecule has 0 N–H and O–H groups in total. The molecule has 1 atom stereocenters. The molecule has 1 rings (SSSR count). The van der Waals surface area contributed by atoms with Crippen LogP contribution in [0.3, 0.4) is 0 Å². The van der Waals surface area contributed by atoms with Gasteiger partial charge < -0.3 is 9.47 Å². The Hall–Kier alpha value is 0.260. The van der Waals surface area contributed by atoms with Gasteiger partial charge in [0.05, 0.1) is 0 Å². The highest BCUT2D eigenvalue weighted by Gasteiger charge is 2.26. The molecule has 1 aliphatic heterocycles. The van der Waals surface area contributed by atoms with Gasteiger partial charge in [-0.25, -0.2) is 0 Å². The molecule has 0 amide bonds. The van der Waals surface area contributed by atoms with E-state index in [0.29, 0.717) is 13.0 Å². The Labute approximate surface area is 78.3 Å². The molecule has 0 aromatic rings. The van der Waals surface area contributed by atoms with Crippen LogP contribution < -0.4 is 0 Å². The summed E-state index contributed by atoms with van der Waals surface area (Å²) in [5.74, 6) is 0. The molecule has 1 aliphatic rings. The first-order valence-corrected chi connectivity index (χ1v) is 4.67. The van der Waals surface area contributed by atoms with Gasteiger partial charge in [0.2, 0.25) is 0 Å². The van der Waals surface area contributed by atoms with E-state index in [0.717, 1.165) is 12.8 Å². The molecule has 0 bridgehead atoms. The third-order valence-electron chi connectivity index (χ3n) is 1.57. The predicted molar refractivity (Wildman–Crippen MR) is 43.4 cm³/mol. The van der Waals surface area contributed by atoms with Crippen LogP contribution in [0.25, 0.3) is 0 Å². The fraction of sp³-hybridized carbons (Fsp3) is 1.00. The number of rotatable bonds is 3. The minimum absolute atomic E-state index is 0.442. The van der Waals surface area contributed by atoms with Crippen LogP contribution in [0.4, 0.5) is 8.78 Å². The second-order valence-corrected chi connectivity index (χ2v) is 3.88. The molecule has 0 saturated carbocycles. The van der Waals surface area contributed by atoms with Gasteiger partial charge in [0.1, 0.15) is 6.61 Å². The normalized spacial score (nSPS) is 25.8. The van der Waals surface area contributed by atoms with Crippen LogP contribution in [-0.2, 0) is 9.47 Å². The predicted octanol–water partition coefficient (Wildman–Crippen LogP) is 2.52. The van der Waals surface area contributed by atoms with E-state index in [-0.39, 0.29) is 0 Å². The van der Waals surface area contributed by atoms with Crippen LogP contribution in [0.5, 0.6) is 0 Å². The van der Waals surface area contributed by atoms with E-state index in [4.69, 9.17) is 9.47 Å². The van der Waals surface area contributed by atoms with Gasteiger partial charge in [-0.1, -0.05) is 0 Å². The summed E-state index contributed by atoms with van der Waals surface area (Å²) < 4.78 is 34.4. The molecule has 1 saturated heterocycles. The molecule has 1 fully saturated rings. The van der Waals surface area contributed by atoms with E-state index in [1.807, 2.05) is 0 Å². The van der Waals surface area contributed by atoms with Gasteiger partial charge in [-0.05, 0) is 35.2 Å². The van der Waals surface area contributed by atoms with Crippen molar-refractivity contribution in [2.45, 2.75) is 30.4 Å². The molecule has 1 heterocycles. The monoisotopic (exact) mass is 244 g/mol. The lowest BCUT2D eigenvalue weighted by molar-refractivity contribution is -0.182. The average Bonchev–Trinajstić information content (AvgIpc) is 2.02. The standard InChI is InChI=1S/C7H11BrF2O2/c8-7(9,10)5-12-6-3-1-2-4-11-6/h6H,1-5H2. The van der Waals surface area contributed by atoms with Crippen LogP contribution in [0.2, 0.25) is 0 Å². The van der Waals surface area contributed by atoms with E-state index in [9.17, 15) is 8.78 Å². The molecule has 5 heteroatoms. The summed E-state index contributed by atoms with van der Waals surface area (Å²) in [4.78, 5) is -2.94. The summed E-state index contributed by atoms with van der Waals surface area (Å²) in [7, 11) is 0. The number of ether oxygens (including phenoxy) is 2. The summed E-state index contributed by atoms with van der Waals surface area (Å²) in [6.07, 6.45) is 2.24. The van der Waals surface area contributed by atoms with Crippen molar-refractivity contribution in [3.8, 4) is 0 Å². The van der Waals surface area contributed by atoms with E-state index >= 15 is 0 Å². The van der Waals surface area contributed by atoms with Gasteiger partial charge in [0.15, 0.2) is 6.29 Å². The Morgan fingerprint density at radius 3 is 2.75 bits per heavy atom. The highest BCUT2D eigenvalue weighted by molar-refractivity contribution is 9.10. The third kappa shape index (κ3) is 4.33. The lowest BCUT2D eigenvalue weighted by atomic mass is 10.2. The van der Waals surface area contributed by atoms with Crippen molar-refractivity contribution in [1.82, 2.24) is 0 Å². The van der Waals surface area contributed by atoms with Gasteiger partial charge >= 0.3 is 4.83 Å². The van der Waals surface area contributed by atoms with Crippen molar-refractivity contribution >= 4 is 15.9 Å². The Balaban J connectivity index is 2.13. The molecule has 0 aromatic carbocycles. The maximum Gasteiger partial charge on any atom is 0.324 e. The number of halogens is 3. The highest BCUT2D eigenvalue weighted by atomic mass is 79.9. The van der Waals surface area contributed by atoms with E-state index in [1.165, 1.54) is 0 Å². The van der Waals surface area contributed by atoms with Crippen molar-refractivity contribution in [3.05, 3.63) is 0 Å². The van der Waals surface area contributed by atoms with Crippen molar-refractivity contribution in [2.24, 2.45) is 0 Å². The summed E-state index contributed by atoms with van der Waals surface area (Å²) in [6.45, 7) is -0.0177. The molecule has 2 nitrogen and oxygen atoms in total. The Bertz CT molecular complexity index is 132. The largest absolute Gasteiger partial charge is 0.353 e. The minimum atomic E-state index is -2.94. The van der Waals surface area contributed by atoms with Crippen LogP contribution >= 0.6 is 15.9 Å². The Kier molecular flexibility index (Phi) is 3.86. The van der Waals surface area contributed by atoms with E-state index < -0.39 is 17.7 Å². The molecule has 12 heavy (non-hydrogen) atoms. The van der Waals surface area contributed by atoms with Crippen LogP contribution in [-0.4, -0.2) is 24.3 Å². The second-order valence-electron chi connectivity index (χ2n) is 2.72. The van der Waals surface area contributed by atoms with Crippen LogP contribution in [0.1, 0.15) is 19.3 Å². The zero-order valence-corrected chi connectivity index (χ0v) is 8.15. The summed E-state index contributed by atoms with van der Waals surface area (Å²) in [6, 6.07) is 0. The van der Waals surface area contributed by atoms with E-state index in [2.05, 4.69) is 15.9 Å². The van der Waals surface area contributed by atoms with Crippen LogP contribution in [0.15, 0.2) is 0 Å². The SMILES string of the molecule is FC(F)(Br)COC1CCCCO1. The molecular weight excluding hydrogens is 234 g/mol. The summed E-state index contributed by atoms with van der Waals surface area (Å²) in [5.41, 5.74) is 0. The zero-order chi connectivity index (χ0) is 9.03. The third-order valence-corrected chi connectivity index (χ3v) is 1.80. The lowest BCUT2D eigenvalue weighted by Crippen LogP contribution is -2.27. The molecule has 0 radical (unpaired) electrons. The molecule has 0 aliphatic carbocycles. The van der Waals surface area contributed by atoms with E-state index in [1.54, 1.807) is 0 Å². The van der Waals surface area contributed by atoms with Crippen LogP contribution in [0, 0.1) is 0 Å². The quantitative estimate of drug-likeness (QED) is 0.711. The lowest BCUT2D eigenvalue weighted by Gasteiger charge is -2.23. The fourth-order valence-corrected chi connectivity index (χ4v) is 1.16. The van der Waals surface area contributed by atoms with Gasteiger partial charge in [0, 0.05) is 6.61 Å². The highest BCUT2D eigenvalue weighted by Crippen LogP contribution is 2.23. The van der Waals surface area contributed by atoms with Crippen molar-refractivity contribution < 1.29 is 18.3 Å². The number of hydrogen-bond acceptors (Lipinski definition) is 2. The molecular formula is C7H11BrF2O2. The average molecular weight is 245 g/mol. The first-order chi connectivity index (χ1) is 5.58. The summed E-state index contributed by atoms with van der Waals surface area (Å²) in [5, 5.41) is 0. The number of alkyl halides is 3. The minimum Gasteiger partial charge on any atom is -0.353 e. The molecule has 1 unspecified atom stereocenters. The van der Waals surface area contributed by atoms with Crippen molar-refractivity contribution in [1.29, 1.82) is 0 Å². The van der Waals surface area contributed by atoms with Gasteiger partial charge in [-0.3, -0.25) is 0 Å². The maximum atomic E-state index is 12.2. The second kappa shape index (κ2) is 4.48. The Morgan fingerprint density at radius 1 is 1.50 bits per heavy atom. The molecule has 0 aromatic heterocycles. The zero-order valence-electron chi connectivity index (χ0n) is 6.56. The molecule has 0 spiro atoms. The first-order valence-electron chi connectivity index (χ1n) is 3.88. The number of hydrogen-bond donors (Lipinski definition) is 0. The fourth-order valence-electron chi connectivity index (χ4n) is 1.03. The van der Waals surface area contributed by atoms with Gasteiger partial charge in [0.25, 0.3) is 0 Å². The molecule has 72 valence electrons. The smallest absolute Gasteiger partial charge is 0.324 e. The maximum absolute atomic E-state index is 12.2. The van der Waals surface area contributed by atoms with Crippen molar-refractivity contribution in [2.75, 3.05) is 13.2 Å². The van der Waals surface area contributed by atoms with Gasteiger partial charge in [-0.2, -0.15) is 8.78 Å². The first kappa shape index (κ1) is 10.3. The van der Waals surface area contributed by atoms with Gasteiger partial charge in [-0.15, -0.1) is 0 Å². The topological polar surface area (TPSA) is 18.5 Å². The summed E-state index contributed by atoms with van der Waals surface area (Å²) >= 11 is 2.19. The Morgan fingerprint density at radius 2 is 2.25 bits per heavy atom.